The summed E-state index contributed by atoms with van der Waals surface area (Å²) in [5, 5.41) is 18.4. The molecule has 0 radical (unpaired) electrons. The van der Waals surface area contributed by atoms with Gasteiger partial charge in [0, 0.05) is 43.2 Å². The Kier molecular flexibility index (Phi) is 7.30. The van der Waals surface area contributed by atoms with Crippen LogP contribution in [-0.2, 0) is 20.7 Å². The van der Waals surface area contributed by atoms with E-state index in [0.717, 1.165) is 24.8 Å². The highest BCUT2D eigenvalue weighted by Crippen LogP contribution is 2.63. The van der Waals surface area contributed by atoms with Crippen LogP contribution in [0.4, 0.5) is 0 Å². The second-order valence-corrected chi connectivity index (χ2v) is 11.7. The molecule has 7 nitrogen and oxygen atoms in total. The summed E-state index contributed by atoms with van der Waals surface area (Å²) in [4.78, 5) is 28.7. The number of methoxy groups -OCH3 is 1. The largest absolute Gasteiger partial charge is 0.390 e. The van der Waals surface area contributed by atoms with E-state index in [1.54, 1.807) is 0 Å². The molecule has 2 fully saturated rings. The third kappa shape index (κ3) is 5.41. The van der Waals surface area contributed by atoms with Gasteiger partial charge in [-0.1, -0.05) is 32.0 Å². The molecular weight excluding hydrogens is 442 g/mol. The van der Waals surface area contributed by atoms with Gasteiger partial charge in [-0.05, 0) is 73.8 Å². The summed E-state index contributed by atoms with van der Waals surface area (Å²) in [6, 6.07) is 8.16. The quantitative estimate of drug-likeness (QED) is 0.437. The average molecular weight is 484 g/mol. The number of fused-ring (bicyclic) bond motifs is 2. The molecule has 4 atom stereocenters. The fraction of sp³-hybridized carbons (Fsp3) is 0.643. The Bertz CT molecular complexity index is 1060. The van der Waals surface area contributed by atoms with Crippen molar-refractivity contribution in [3.63, 3.8) is 0 Å². The molecule has 1 aromatic carbocycles. The normalized spacial score (nSPS) is 29.6. The van der Waals surface area contributed by atoms with Crippen LogP contribution in [0, 0.1) is 16.7 Å². The van der Waals surface area contributed by atoms with Gasteiger partial charge < -0.3 is 25.5 Å². The number of rotatable bonds is 9. The Morgan fingerprint density at radius 1 is 1.14 bits per heavy atom. The number of H-pyrrole nitrogens is 1. The number of aromatic nitrogens is 1. The number of ether oxygens (including phenoxy) is 1. The van der Waals surface area contributed by atoms with Crippen LogP contribution >= 0.6 is 0 Å². The highest BCUT2D eigenvalue weighted by Gasteiger charge is 2.61. The fourth-order valence-electron chi connectivity index (χ4n) is 6.91. The zero-order valence-corrected chi connectivity index (χ0v) is 21.6. The maximum Gasteiger partial charge on any atom is 0.246 e. The summed E-state index contributed by atoms with van der Waals surface area (Å²) in [5.41, 5.74) is 1.35. The molecule has 0 spiro atoms. The molecule has 0 aliphatic heterocycles. The Labute approximate surface area is 208 Å². The molecule has 2 aliphatic rings. The maximum atomic E-state index is 12.9. The van der Waals surface area contributed by atoms with Crippen molar-refractivity contribution in [1.29, 1.82) is 0 Å². The van der Waals surface area contributed by atoms with E-state index in [2.05, 4.69) is 41.6 Å². The predicted molar refractivity (Wildman–Crippen MR) is 137 cm³/mol. The summed E-state index contributed by atoms with van der Waals surface area (Å²) >= 11 is 0. The van der Waals surface area contributed by atoms with Crippen LogP contribution in [0.1, 0.15) is 64.9 Å². The van der Waals surface area contributed by atoms with E-state index < -0.39 is 5.60 Å². The van der Waals surface area contributed by atoms with Crippen LogP contribution in [0.25, 0.3) is 10.9 Å². The molecule has 2 aliphatic carbocycles. The van der Waals surface area contributed by atoms with E-state index in [0.29, 0.717) is 32.2 Å². The Hall–Kier alpha value is -2.38. The number of para-hydroxylation sites is 1. The molecule has 1 aromatic heterocycles. The van der Waals surface area contributed by atoms with Crippen LogP contribution in [0.15, 0.2) is 30.5 Å². The molecular formula is C28H41N3O4. The van der Waals surface area contributed by atoms with Gasteiger partial charge in [-0.3, -0.25) is 9.59 Å². The fourth-order valence-corrected chi connectivity index (χ4v) is 6.91. The third-order valence-corrected chi connectivity index (χ3v) is 8.65. The van der Waals surface area contributed by atoms with Crippen molar-refractivity contribution in [2.45, 2.75) is 77.4 Å². The number of carbonyl (C=O) groups is 2. The van der Waals surface area contributed by atoms with E-state index in [1.165, 1.54) is 18.1 Å². The molecule has 2 amide bonds. The predicted octanol–water partition coefficient (Wildman–Crippen LogP) is 3.71. The molecule has 0 unspecified atom stereocenters. The van der Waals surface area contributed by atoms with Crippen LogP contribution in [-0.4, -0.2) is 53.8 Å². The summed E-state index contributed by atoms with van der Waals surface area (Å²) < 4.78 is 5.05. The van der Waals surface area contributed by atoms with Gasteiger partial charge >= 0.3 is 0 Å². The molecule has 1 heterocycles. The Morgan fingerprint density at radius 2 is 1.91 bits per heavy atom. The van der Waals surface area contributed by atoms with Crippen LogP contribution in [0.5, 0.6) is 0 Å². The molecule has 4 N–H and O–H groups in total. The number of benzene rings is 1. The molecule has 0 bridgehead atoms. The lowest BCUT2D eigenvalue weighted by atomic mass is 9.57. The summed E-state index contributed by atoms with van der Waals surface area (Å²) in [7, 11) is 1.52. The van der Waals surface area contributed by atoms with Crippen molar-refractivity contribution < 1.29 is 19.4 Å². The van der Waals surface area contributed by atoms with Crippen molar-refractivity contribution in [2.75, 3.05) is 20.3 Å². The minimum Gasteiger partial charge on any atom is -0.390 e. The van der Waals surface area contributed by atoms with Crippen molar-refractivity contribution in [1.82, 2.24) is 15.6 Å². The number of aliphatic hydroxyl groups is 1. The molecule has 2 saturated carbocycles. The SMILES string of the molecule is COCC(=O)N[C@H]1CC(C)(C)[C@@H]2C[C@@](C)(O)CC[C@]12CCC(=O)NCCc1c[nH]c2ccccc12. The zero-order valence-electron chi connectivity index (χ0n) is 21.6. The van der Waals surface area contributed by atoms with Crippen LogP contribution in [0.3, 0.4) is 0 Å². The molecule has 2 aromatic rings. The molecule has 7 heteroatoms. The maximum absolute atomic E-state index is 12.9. The van der Waals surface area contributed by atoms with E-state index in [-0.39, 0.29) is 41.2 Å². The van der Waals surface area contributed by atoms with Gasteiger partial charge in [-0.15, -0.1) is 0 Å². The first-order valence-electron chi connectivity index (χ1n) is 12.9. The summed E-state index contributed by atoms with van der Waals surface area (Å²) in [5.74, 6) is 0.154. The minimum atomic E-state index is -0.710. The van der Waals surface area contributed by atoms with Crippen LogP contribution < -0.4 is 10.6 Å². The highest BCUT2D eigenvalue weighted by atomic mass is 16.5. The lowest BCUT2D eigenvalue weighted by Gasteiger charge is -2.50. The summed E-state index contributed by atoms with van der Waals surface area (Å²) in [6.07, 6.45) is 6.92. The van der Waals surface area contributed by atoms with Gasteiger partial charge in [-0.2, -0.15) is 0 Å². The highest BCUT2D eigenvalue weighted by molar-refractivity contribution is 5.83. The lowest BCUT2D eigenvalue weighted by molar-refractivity contribution is -0.128. The molecule has 0 saturated heterocycles. The average Bonchev–Trinajstić information content (AvgIpc) is 3.29. The van der Waals surface area contributed by atoms with Crippen molar-refractivity contribution in [3.05, 3.63) is 36.0 Å². The second-order valence-electron chi connectivity index (χ2n) is 11.7. The number of hydrogen-bond donors (Lipinski definition) is 4. The smallest absolute Gasteiger partial charge is 0.246 e. The van der Waals surface area contributed by atoms with Gasteiger partial charge in [-0.25, -0.2) is 0 Å². The van der Waals surface area contributed by atoms with Gasteiger partial charge in [0.05, 0.1) is 5.60 Å². The number of amides is 2. The van der Waals surface area contributed by atoms with Gasteiger partial charge in [0.25, 0.3) is 0 Å². The van der Waals surface area contributed by atoms with E-state index in [1.807, 2.05) is 25.3 Å². The number of aromatic amines is 1. The number of carbonyl (C=O) groups excluding carboxylic acids is 2. The Balaban J connectivity index is 1.41. The van der Waals surface area contributed by atoms with Gasteiger partial charge in [0.15, 0.2) is 0 Å². The standard InChI is InChI=1S/C28H41N3O4/c1-26(2)16-23(31-25(33)18-35-4)28(13-12-27(3,34)15-22(26)28)11-9-24(32)29-14-10-19-17-30-21-8-6-5-7-20(19)21/h5-8,17,22-23,30,34H,9-16,18H2,1-4H3,(H,29,32)(H,31,33)/t22-,23-,27-,28-/m0/s1. The first kappa shape index (κ1) is 25.7. The van der Waals surface area contributed by atoms with Gasteiger partial charge in [0.2, 0.25) is 11.8 Å². The first-order valence-corrected chi connectivity index (χ1v) is 12.9. The molecule has 4 rings (SSSR count). The molecule has 192 valence electrons. The van der Waals surface area contributed by atoms with Crippen molar-refractivity contribution in [2.24, 2.45) is 16.7 Å². The van der Waals surface area contributed by atoms with Gasteiger partial charge in [0.1, 0.15) is 6.61 Å². The first-order chi connectivity index (χ1) is 16.6. The minimum absolute atomic E-state index is 0.0275. The molecule has 35 heavy (non-hydrogen) atoms. The zero-order chi connectivity index (χ0) is 25.3. The van der Waals surface area contributed by atoms with E-state index in [9.17, 15) is 14.7 Å². The Morgan fingerprint density at radius 3 is 2.69 bits per heavy atom. The van der Waals surface area contributed by atoms with E-state index >= 15 is 0 Å². The van der Waals surface area contributed by atoms with Crippen molar-refractivity contribution >= 4 is 22.7 Å². The van der Waals surface area contributed by atoms with Crippen molar-refractivity contribution in [3.8, 4) is 0 Å². The van der Waals surface area contributed by atoms with E-state index in [4.69, 9.17) is 4.74 Å². The monoisotopic (exact) mass is 483 g/mol. The third-order valence-electron chi connectivity index (χ3n) is 8.65. The topological polar surface area (TPSA) is 103 Å². The number of hydrogen-bond acceptors (Lipinski definition) is 4. The lowest BCUT2D eigenvalue weighted by Crippen LogP contribution is -2.53. The number of nitrogens with one attached hydrogen (secondary N) is 3. The second kappa shape index (κ2) is 9.94. The van der Waals surface area contributed by atoms with Crippen LogP contribution in [0.2, 0.25) is 0 Å². The summed E-state index contributed by atoms with van der Waals surface area (Å²) in [6.45, 7) is 7.01.